The van der Waals surface area contributed by atoms with Crippen molar-refractivity contribution in [1.82, 2.24) is 19.9 Å². The number of aromatic nitrogens is 3. The molecule has 2 aromatic rings. The van der Waals surface area contributed by atoms with Crippen molar-refractivity contribution in [1.29, 1.82) is 0 Å². The molecule has 31 heavy (non-hydrogen) atoms. The van der Waals surface area contributed by atoms with Crippen LogP contribution in [-0.4, -0.2) is 58.9 Å². The molecule has 4 N–H and O–H groups in total. The zero-order chi connectivity index (χ0) is 21.7. The third kappa shape index (κ3) is 5.41. The Morgan fingerprint density at radius 2 is 1.84 bits per heavy atom. The molecule has 0 bridgehead atoms. The number of anilines is 2. The van der Waals surface area contributed by atoms with Crippen molar-refractivity contribution in [2.75, 3.05) is 42.6 Å². The molecule has 2 saturated heterocycles. The molecule has 9 nitrogen and oxygen atoms in total. The number of nitrogens with two attached hydrogens (primary N) is 2. The van der Waals surface area contributed by atoms with E-state index in [1.165, 1.54) is 42.6 Å². The Morgan fingerprint density at radius 3 is 2.48 bits per heavy atom. The molecule has 0 atom stereocenters. The van der Waals surface area contributed by atoms with Crippen LogP contribution >= 0.6 is 11.6 Å². The van der Waals surface area contributed by atoms with Gasteiger partial charge in [-0.05, 0) is 62.2 Å². The van der Waals surface area contributed by atoms with E-state index in [4.69, 9.17) is 23.3 Å². The summed E-state index contributed by atoms with van der Waals surface area (Å²) in [5.41, 5.74) is 1.68. The van der Waals surface area contributed by atoms with Gasteiger partial charge in [0.05, 0.1) is 12.4 Å². The molecule has 0 unspecified atom stereocenters. The number of rotatable bonds is 6. The molecule has 1 spiro atoms. The number of hydrazone groups is 1. The molecule has 4 heterocycles. The van der Waals surface area contributed by atoms with Crippen molar-refractivity contribution >= 4 is 29.6 Å². The molecule has 0 amide bonds. The Bertz CT molecular complexity index is 871. The molecule has 2 aliphatic heterocycles. The van der Waals surface area contributed by atoms with Crippen LogP contribution in [0.4, 0.5) is 11.6 Å². The molecule has 0 aromatic carbocycles. The van der Waals surface area contributed by atoms with Crippen LogP contribution in [0.25, 0.3) is 0 Å². The Morgan fingerprint density at radius 1 is 1.10 bits per heavy atom. The number of likely N-dealkylation sites (tertiary alicyclic amines) is 1. The quantitative estimate of drug-likeness (QED) is 0.302. The maximum atomic E-state index is 6.00. The minimum atomic E-state index is 0.459. The predicted octanol–water partition coefficient (Wildman–Crippen LogP) is 2.03. The predicted molar refractivity (Wildman–Crippen MR) is 124 cm³/mol. The molecule has 0 aliphatic carbocycles. The fourth-order valence-corrected chi connectivity index (χ4v) is 4.72. The number of hydrogen-bond acceptors (Lipinski definition) is 8. The van der Waals surface area contributed by atoms with E-state index >= 15 is 0 Å². The first-order valence-electron chi connectivity index (χ1n) is 10.7. The molecule has 4 rings (SSSR count). The van der Waals surface area contributed by atoms with Crippen molar-refractivity contribution < 1.29 is 0 Å². The average molecular weight is 444 g/mol. The van der Waals surface area contributed by atoms with Gasteiger partial charge in [0.15, 0.2) is 0 Å². The number of pyridine rings is 1. The second-order valence-electron chi connectivity index (χ2n) is 8.48. The molecule has 2 fully saturated rings. The molecular formula is C21H30ClN9. The standard InChI is InChI=1S/C21H30ClN9/c22-18-14-25-15-20(28-18)30-11-6-21(7-12-30)4-9-29(10-5-21)8-3-17-1-2-19(26-13-17)31(24)16-27-23/h1-2,13-16H,3-12,23-24H2/b27-16-. The maximum absolute atomic E-state index is 6.00. The highest BCUT2D eigenvalue weighted by Crippen LogP contribution is 2.41. The third-order valence-corrected chi connectivity index (χ3v) is 6.82. The number of nitrogens with zero attached hydrogens (tertiary/aromatic N) is 7. The lowest BCUT2D eigenvalue weighted by atomic mass is 9.71. The van der Waals surface area contributed by atoms with Crippen LogP contribution in [0.2, 0.25) is 5.15 Å². The highest BCUT2D eigenvalue weighted by Gasteiger charge is 2.37. The molecule has 2 aromatic heterocycles. The van der Waals surface area contributed by atoms with Crippen molar-refractivity contribution in [2.24, 2.45) is 22.2 Å². The van der Waals surface area contributed by atoms with Gasteiger partial charge in [-0.3, -0.25) is 4.98 Å². The third-order valence-electron chi connectivity index (χ3n) is 6.64. The maximum Gasteiger partial charge on any atom is 0.149 e. The SMILES string of the molecule is N/N=C\N(N)c1ccc(CCN2CCC3(CC2)CCN(c2cncc(Cl)n2)CC3)cn1. The highest BCUT2D eigenvalue weighted by atomic mass is 35.5. The van der Waals surface area contributed by atoms with Crippen molar-refractivity contribution in [3.8, 4) is 0 Å². The van der Waals surface area contributed by atoms with Crippen molar-refractivity contribution in [3.63, 3.8) is 0 Å². The lowest BCUT2D eigenvalue weighted by molar-refractivity contribution is 0.0804. The summed E-state index contributed by atoms with van der Waals surface area (Å²) in [6.45, 7) is 5.43. The van der Waals surface area contributed by atoms with Crippen LogP contribution in [0, 0.1) is 5.41 Å². The Labute approximate surface area is 188 Å². The summed E-state index contributed by atoms with van der Waals surface area (Å²) in [6, 6.07) is 3.95. The zero-order valence-electron chi connectivity index (χ0n) is 17.7. The van der Waals surface area contributed by atoms with Gasteiger partial charge in [-0.1, -0.05) is 17.7 Å². The van der Waals surface area contributed by atoms with Gasteiger partial charge in [-0.15, -0.1) is 0 Å². The lowest BCUT2D eigenvalue weighted by Gasteiger charge is -2.47. The van der Waals surface area contributed by atoms with Gasteiger partial charge in [0.1, 0.15) is 23.1 Å². The van der Waals surface area contributed by atoms with E-state index in [2.05, 4.69) is 35.9 Å². The van der Waals surface area contributed by atoms with Gasteiger partial charge in [0, 0.05) is 25.8 Å². The Hall–Kier alpha value is -2.49. The fourth-order valence-electron chi connectivity index (χ4n) is 4.58. The second kappa shape index (κ2) is 9.76. The monoisotopic (exact) mass is 443 g/mol. The van der Waals surface area contributed by atoms with E-state index < -0.39 is 0 Å². The van der Waals surface area contributed by atoms with Gasteiger partial charge < -0.3 is 15.6 Å². The number of hydrogen-bond donors (Lipinski definition) is 2. The molecule has 166 valence electrons. The minimum Gasteiger partial charge on any atom is -0.355 e. The molecule has 0 radical (unpaired) electrons. The Balaban J connectivity index is 1.22. The fraction of sp³-hybridized carbons (Fsp3) is 0.524. The summed E-state index contributed by atoms with van der Waals surface area (Å²) in [4.78, 5) is 17.9. The molecule has 10 heteroatoms. The van der Waals surface area contributed by atoms with E-state index in [1.54, 1.807) is 6.20 Å². The van der Waals surface area contributed by atoms with E-state index in [0.29, 0.717) is 16.4 Å². The van der Waals surface area contributed by atoms with Gasteiger partial charge in [0.2, 0.25) is 0 Å². The van der Waals surface area contributed by atoms with Crippen LogP contribution in [0.15, 0.2) is 35.8 Å². The van der Waals surface area contributed by atoms with E-state index in [-0.39, 0.29) is 0 Å². The summed E-state index contributed by atoms with van der Waals surface area (Å²) >= 11 is 6.00. The van der Waals surface area contributed by atoms with Crippen LogP contribution in [0.5, 0.6) is 0 Å². The number of halogens is 1. The second-order valence-corrected chi connectivity index (χ2v) is 8.86. The summed E-state index contributed by atoms with van der Waals surface area (Å²) < 4.78 is 0. The first-order valence-corrected chi connectivity index (χ1v) is 11.1. The first kappa shape index (κ1) is 21.7. The van der Waals surface area contributed by atoms with Gasteiger partial charge in [-0.2, -0.15) is 5.10 Å². The van der Waals surface area contributed by atoms with Crippen molar-refractivity contribution in [3.05, 3.63) is 41.4 Å². The van der Waals surface area contributed by atoms with Crippen molar-refractivity contribution in [2.45, 2.75) is 32.1 Å². The average Bonchev–Trinajstić information content (AvgIpc) is 2.80. The number of hydrazine groups is 1. The minimum absolute atomic E-state index is 0.459. The molecule has 2 aliphatic rings. The normalized spacial score (nSPS) is 19.2. The van der Waals surface area contributed by atoms with Crippen LogP contribution in [0.1, 0.15) is 31.2 Å². The summed E-state index contributed by atoms with van der Waals surface area (Å²) in [5, 5.41) is 5.17. The van der Waals surface area contributed by atoms with Gasteiger partial charge in [0.25, 0.3) is 0 Å². The van der Waals surface area contributed by atoms with Gasteiger partial charge >= 0.3 is 0 Å². The largest absolute Gasteiger partial charge is 0.355 e. The number of piperidine rings is 2. The summed E-state index contributed by atoms with van der Waals surface area (Å²) in [6.07, 6.45) is 12.5. The topological polar surface area (TPSA) is 113 Å². The molecular weight excluding hydrogens is 414 g/mol. The Kier molecular flexibility index (Phi) is 6.84. The van der Waals surface area contributed by atoms with E-state index in [9.17, 15) is 0 Å². The highest BCUT2D eigenvalue weighted by molar-refractivity contribution is 6.29. The van der Waals surface area contributed by atoms with E-state index in [0.717, 1.165) is 45.0 Å². The smallest absolute Gasteiger partial charge is 0.149 e. The summed E-state index contributed by atoms with van der Waals surface area (Å²) in [7, 11) is 0. The zero-order valence-corrected chi connectivity index (χ0v) is 18.5. The summed E-state index contributed by atoms with van der Waals surface area (Å²) in [5.74, 6) is 12.4. The lowest BCUT2D eigenvalue weighted by Crippen LogP contribution is -2.47. The van der Waals surface area contributed by atoms with Crippen LogP contribution < -0.4 is 21.6 Å². The van der Waals surface area contributed by atoms with E-state index in [1.807, 2.05) is 18.5 Å². The van der Waals surface area contributed by atoms with Crippen LogP contribution in [-0.2, 0) is 6.42 Å². The van der Waals surface area contributed by atoms with Crippen LogP contribution in [0.3, 0.4) is 0 Å². The first-order chi connectivity index (χ1) is 15.1. The molecule has 0 saturated carbocycles. The van der Waals surface area contributed by atoms with Gasteiger partial charge in [-0.25, -0.2) is 20.8 Å².